The number of aryl methyl sites for hydroxylation is 1. The van der Waals surface area contributed by atoms with Gasteiger partial charge in [0.2, 0.25) is 5.91 Å². The van der Waals surface area contributed by atoms with Gasteiger partial charge in [-0.3, -0.25) is 4.79 Å². The second-order valence-electron chi connectivity index (χ2n) is 5.01. The van der Waals surface area contributed by atoms with E-state index in [-0.39, 0.29) is 36.8 Å². The predicted octanol–water partition coefficient (Wildman–Crippen LogP) is 3.00. The van der Waals surface area contributed by atoms with Gasteiger partial charge in [0.1, 0.15) is 5.82 Å². The monoisotopic (exact) mass is 344 g/mol. The van der Waals surface area contributed by atoms with Crippen molar-refractivity contribution in [1.29, 1.82) is 0 Å². The maximum Gasteiger partial charge on any atom is 0.224 e. The quantitative estimate of drug-likeness (QED) is 0.875. The molecule has 22 heavy (non-hydrogen) atoms. The second-order valence-corrected chi connectivity index (χ2v) is 5.01. The zero-order valence-corrected chi connectivity index (χ0v) is 14.3. The van der Waals surface area contributed by atoms with E-state index >= 15 is 0 Å². The third kappa shape index (κ3) is 5.67. The summed E-state index contributed by atoms with van der Waals surface area (Å²) in [5.74, 6) is 0.857. The van der Waals surface area contributed by atoms with Gasteiger partial charge in [0, 0.05) is 43.2 Å². The molecule has 0 spiro atoms. The Labute approximate surface area is 143 Å². The highest BCUT2D eigenvalue weighted by Gasteiger charge is 2.07. The van der Waals surface area contributed by atoms with Crippen molar-refractivity contribution < 1.29 is 4.79 Å². The van der Waals surface area contributed by atoms with E-state index in [2.05, 4.69) is 10.3 Å². The molecule has 1 unspecified atom stereocenters. The third-order valence-electron chi connectivity index (χ3n) is 3.05. The van der Waals surface area contributed by atoms with Gasteiger partial charge >= 0.3 is 0 Å². The first-order chi connectivity index (χ1) is 9.56. The van der Waals surface area contributed by atoms with Crippen LogP contribution in [0.5, 0.6) is 0 Å². The lowest BCUT2D eigenvalue weighted by molar-refractivity contribution is -0.116. The summed E-state index contributed by atoms with van der Waals surface area (Å²) >= 11 is 0. The van der Waals surface area contributed by atoms with E-state index in [1.165, 1.54) is 0 Å². The number of carbonyl (C=O) groups is 1. The van der Waals surface area contributed by atoms with Gasteiger partial charge in [-0.2, -0.15) is 0 Å². The minimum absolute atomic E-state index is 0. The van der Waals surface area contributed by atoms with Gasteiger partial charge in [-0.15, -0.1) is 24.8 Å². The van der Waals surface area contributed by atoms with Crippen LogP contribution >= 0.6 is 24.8 Å². The minimum Gasteiger partial charge on any atom is -0.334 e. The molecule has 2 aromatic rings. The van der Waals surface area contributed by atoms with Crippen LogP contribution in [0, 0.1) is 0 Å². The van der Waals surface area contributed by atoms with Crippen LogP contribution in [0.2, 0.25) is 0 Å². The Balaban J connectivity index is 0.00000220. The molecule has 1 amide bonds. The molecule has 0 saturated heterocycles. The molecule has 0 aliphatic rings. The Morgan fingerprint density at radius 2 is 2.14 bits per heavy atom. The molecule has 1 atom stereocenters. The number of benzene rings is 1. The van der Waals surface area contributed by atoms with Crippen molar-refractivity contribution in [1.82, 2.24) is 9.55 Å². The summed E-state index contributed by atoms with van der Waals surface area (Å²) in [6.07, 6.45) is 4.77. The lowest BCUT2D eigenvalue weighted by Crippen LogP contribution is -2.19. The van der Waals surface area contributed by atoms with Crippen LogP contribution in [0.1, 0.15) is 19.8 Å². The lowest BCUT2D eigenvalue weighted by Gasteiger charge is -2.08. The Hall–Kier alpha value is -1.56. The summed E-state index contributed by atoms with van der Waals surface area (Å²) in [6.45, 7) is 1.90. The average molecular weight is 345 g/mol. The number of anilines is 1. The standard InChI is InChI=1S/C15H20N4O.2ClH/c1-11(16)6-7-14(20)18-13-5-3-4-12(10-13)15-17-8-9-19(15)2;;/h3-5,8-11H,6-7,16H2,1-2H3,(H,18,20);2*1H. The van der Waals surface area contributed by atoms with Crippen molar-refractivity contribution in [3.63, 3.8) is 0 Å². The second kappa shape index (κ2) is 9.46. The van der Waals surface area contributed by atoms with Crippen LogP contribution < -0.4 is 11.1 Å². The minimum atomic E-state index is -0.0145. The third-order valence-corrected chi connectivity index (χ3v) is 3.05. The van der Waals surface area contributed by atoms with E-state index in [1.54, 1.807) is 6.20 Å². The molecule has 7 heteroatoms. The highest BCUT2D eigenvalue weighted by Crippen LogP contribution is 2.20. The number of carbonyl (C=O) groups excluding carboxylic acids is 1. The normalized spacial score (nSPS) is 11.0. The van der Waals surface area contributed by atoms with Gasteiger partial charge in [-0.05, 0) is 25.5 Å². The molecule has 0 radical (unpaired) electrons. The first-order valence-electron chi connectivity index (χ1n) is 6.69. The number of imidazole rings is 1. The van der Waals surface area contributed by atoms with Crippen molar-refractivity contribution in [2.45, 2.75) is 25.8 Å². The molecule has 122 valence electrons. The van der Waals surface area contributed by atoms with E-state index in [9.17, 15) is 4.79 Å². The van der Waals surface area contributed by atoms with Crippen molar-refractivity contribution in [3.05, 3.63) is 36.7 Å². The van der Waals surface area contributed by atoms with Crippen LogP contribution in [-0.2, 0) is 11.8 Å². The molecule has 2 rings (SSSR count). The number of nitrogens with two attached hydrogens (primary N) is 1. The maximum atomic E-state index is 11.8. The highest BCUT2D eigenvalue weighted by atomic mass is 35.5. The molecule has 1 aromatic carbocycles. The van der Waals surface area contributed by atoms with Crippen LogP contribution in [0.15, 0.2) is 36.7 Å². The fraction of sp³-hybridized carbons (Fsp3) is 0.333. The number of aromatic nitrogens is 2. The number of nitrogens with zero attached hydrogens (tertiary/aromatic N) is 2. The van der Waals surface area contributed by atoms with E-state index in [1.807, 2.05) is 49.0 Å². The van der Waals surface area contributed by atoms with Gasteiger partial charge in [0.25, 0.3) is 0 Å². The van der Waals surface area contributed by atoms with Gasteiger partial charge in [-0.1, -0.05) is 12.1 Å². The molecule has 0 bridgehead atoms. The van der Waals surface area contributed by atoms with Crippen LogP contribution in [0.25, 0.3) is 11.4 Å². The van der Waals surface area contributed by atoms with Crippen LogP contribution in [0.4, 0.5) is 5.69 Å². The summed E-state index contributed by atoms with van der Waals surface area (Å²) in [6, 6.07) is 7.72. The average Bonchev–Trinajstić information content (AvgIpc) is 2.83. The van der Waals surface area contributed by atoms with Crippen molar-refractivity contribution in [2.24, 2.45) is 12.8 Å². The van der Waals surface area contributed by atoms with Gasteiger partial charge in [-0.25, -0.2) is 4.98 Å². The van der Waals surface area contributed by atoms with E-state index in [0.29, 0.717) is 12.8 Å². The molecule has 0 fully saturated rings. The lowest BCUT2D eigenvalue weighted by atomic mass is 10.1. The summed E-state index contributed by atoms with van der Waals surface area (Å²) < 4.78 is 1.94. The summed E-state index contributed by atoms with van der Waals surface area (Å²) in [7, 11) is 1.94. The molecule has 1 aromatic heterocycles. The summed E-state index contributed by atoms with van der Waals surface area (Å²) in [5.41, 5.74) is 7.40. The summed E-state index contributed by atoms with van der Waals surface area (Å²) in [5, 5.41) is 2.89. The number of rotatable bonds is 5. The molecule has 0 saturated carbocycles. The molecule has 0 aliphatic heterocycles. The zero-order valence-electron chi connectivity index (χ0n) is 12.7. The number of hydrogen-bond acceptors (Lipinski definition) is 3. The molecular weight excluding hydrogens is 323 g/mol. The Morgan fingerprint density at radius 1 is 1.41 bits per heavy atom. The molecule has 5 nitrogen and oxygen atoms in total. The van der Waals surface area contributed by atoms with Crippen molar-refractivity contribution >= 4 is 36.4 Å². The SMILES string of the molecule is CC(N)CCC(=O)Nc1cccc(-c2nccn2C)c1.Cl.Cl. The van der Waals surface area contributed by atoms with Gasteiger partial charge < -0.3 is 15.6 Å². The molecule has 3 N–H and O–H groups in total. The zero-order chi connectivity index (χ0) is 14.5. The first-order valence-corrected chi connectivity index (χ1v) is 6.69. The van der Waals surface area contributed by atoms with E-state index in [0.717, 1.165) is 17.1 Å². The molecule has 0 aliphatic carbocycles. The van der Waals surface area contributed by atoms with Crippen LogP contribution in [0.3, 0.4) is 0 Å². The summed E-state index contributed by atoms with van der Waals surface area (Å²) in [4.78, 5) is 16.1. The predicted molar refractivity (Wildman–Crippen MR) is 94.7 cm³/mol. The highest BCUT2D eigenvalue weighted by molar-refractivity contribution is 5.91. The van der Waals surface area contributed by atoms with E-state index in [4.69, 9.17) is 5.73 Å². The first kappa shape index (κ1) is 20.4. The smallest absolute Gasteiger partial charge is 0.224 e. The van der Waals surface area contributed by atoms with Crippen molar-refractivity contribution in [2.75, 3.05) is 5.32 Å². The number of nitrogens with one attached hydrogen (secondary N) is 1. The number of halogens is 2. The van der Waals surface area contributed by atoms with Gasteiger partial charge in [0.15, 0.2) is 0 Å². The topological polar surface area (TPSA) is 72.9 Å². The Kier molecular flexibility index (Phi) is 8.79. The Bertz CT molecular complexity index is 599. The fourth-order valence-electron chi connectivity index (χ4n) is 1.96. The fourth-order valence-corrected chi connectivity index (χ4v) is 1.96. The number of amides is 1. The van der Waals surface area contributed by atoms with E-state index < -0.39 is 0 Å². The van der Waals surface area contributed by atoms with Crippen molar-refractivity contribution in [3.8, 4) is 11.4 Å². The van der Waals surface area contributed by atoms with Crippen LogP contribution in [-0.4, -0.2) is 21.5 Å². The maximum absolute atomic E-state index is 11.8. The number of hydrogen-bond donors (Lipinski definition) is 2. The molecular formula is C15H22Cl2N4O. The largest absolute Gasteiger partial charge is 0.334 e. The molecule has 1 heterocycles. The van der Waals surface area contributed by atoms with Gasteiger partial charge in [0.05, 0.1) is 0 Å². The Morgan fingerprint density at radius 3 is 2.73 bits per heavy atom.